The maximum Gasteiger partial charge on any atom is 0.224 e. The van der Waals surface area contributed by atoms with E-state index in [1.165, 1.54) is 49.9 Å². The summed E-state index contributed by atoms with van der Waals surface area (Å²) in [5.41, 5.74) is 3.45. The average Bonchev–Trinajstić information content (AvgIpc) is 2.92. The second-order valence-corrected chi connectivity index (χ2v) is 6.85. The molecule has 25 heavy (non-hydrogen) atoms. The molecule has 3 nitrogen and oxygen atoms in total. The van der Waals surface area contributed by atoms with E-state index in [0.717, 1.165) is 18.7 Å². The number of hydrogen-bond donors (Lipinski definition) is 1. The van der Waals surface area contributed by atoms with Crippen molar-refractivity contribution in [3.05, 3.63) is 60.2 Å². The van der Waals surface area contributed by atoms with Crippen LogP contribution in [0.15, 0.2) is 54.6 Å². The Balaban J connectivity index is 1.43. The fourth-order valence-electron chi connectivity index (χ4n) is 3.41. The minimum atomic E-state index is 0.113. The van der Waals surface area contributed by atoms with Gasteiger partial charge in [-0.2, -0.15) is 0 Å². The first kappa shape index (κ1) is 17.7. The maximum atomic E-state index is 12.1. The van der Waals surface area contributed by atoms with Gasteiger partial charge in [-0.15, -0.1) is 0 Å². The Morgan fingerprint density at radius 2 is 1.48 bits per heavy atom. The van der Waals surface area contributed by atoms with Crippen LogP contribution in [0, 0.1) is 0 Å². The number of benzene rings is 2. The summed E-state index contributed by atoms with van der Waals surface area (Å²) >= 11 is 0. The summed E-state index contributed by atoms with van der Waals surface area (Å²) in [6.07, 6.45) is 5.74. The van der Waals surface area contributed by atoms with Crippen LogP contribution in [-0.2, 0) is 11.2 Å². The van der Waals surface area contributed by atoms with Crippen molar-refractivity contribution in [2.24, 2.45) is 0 Å². The Morgan fingerprint density at radius 3 is 2.16 bits per heavy atom. The summed E-state index contributed by atoms with van der Waals surface area (Å²) in [6.45, 7) is 4.08. The van der Waals surface area contributed by atoms with Crippen LogP contribution in [-0.4, -0.2) is 37.0 Å². The van der Waals surface area contributed by atoms with Crippen molar-refractivity contribution < 1.29 is 4.79 Å². The molecule has 1 N–H and O–H groups in total. The highest BCUT2D eigenvalue weighted by atomic mass is 16.1. The summed E-state index contributed by atoms with van der Waals surface area (Å²) in [4.78, 5) is 14.6. The fraction of sp³-hybridized carbons (Fsp3) is 0.409. The van der Waals surface area contributed by atoms with Gasteiger partial charge in [-0.25, -0.2) is 0 Å². The number of amides is 1. The molecule has 132 valence electrons. The van der Waals surface area contributed by atoms with E-state index >= 15 is 0 Å². The number of nitrogens with one attached hydrogen (secondary N) is 1. The van der Waals surface area contributed by atoms with Crippen molar-refractivity contribution in [2.45, 2.75) is 32.1 Å². The average molecular weight is 336 g/mol. The van der Waals surface area contributed by atoms with Crippen molar-refractivity contribution in [1.82, 2.24) is 10.2 Å². The lowest BCUT2D eigenvalue weighted by atomic mass is 10.0. The molecule has 0 atom stereocenters. The first-order chi connectivity index (χ1) is 12.3. The fourth-order valence-corrected chi connectivity index (χ4v) is 3.41. The Hall–Kier alpha value is -2.13. The van der Waals surface area contributed by atoms with Crippen molar-refractivity contribution in [1.29, 1.82) is 0 Å². The van der Waals surface area contributed by atoms with E-state index in [2.05, 4.69) is 46.6 Å². The van der Waals surface area contributed by atoms with Gasteiger partial charge in [0.05, 0.1) is 6.42 Å². The zero-order chi connectivity index (χ0) is 17.3. The van der Waals surface area contributed by atoms with Gasteiger partial charge < -0.3 is 10.2 Å². The van der Waals surface area contributed by atoms with Crippen LogP contribution in [0.1, 0.15) is 31.2 Å². The maximum absolute atomic E-state index is 12.1. The van der Waals surface area contributed by atoms with Gasteiger partial charge in [-0.3, -0.25) is 4.79 Å². The zero-order valence-electron chi connectivity index (χ0n) is 14.9. The van der Waals surface area contributed by atoms with E-state index in [9.17, 15) is 4.79 Å². The van der Waals surface area contributed by atoms with Crippen LogP contribution in [0.2, 0.25) is 0 Å². The predicted octanol–water partition coefficient (Wildman–Crippen LogP) is 3.89. The molecule has 1 saturated heterocycles. The molecule has 1 aliphatic rings. The quantitative estimate of drug-likeness (QED) is 0.868. The molecule has 2 aromatic rings. The molecule has 0 unspecified atom stereocenters. The number of hydrogen-bond acceptors (Lipinski definition) is 2. The molecule has 2 aromatic carbocycles. The Bertz CT molecular complexity index is 643. The molecule has 3 rings (SSSR count). The first-order valence-electron chi connectivity index (χ1n) is 9.45. The molecule has 0 bridgehead atoms. The molecule has 0 aliphatic carbocycles. The molecule has 3 heteroatoms. The zero-order valence-corrected chi connectivity index (χ0v) is 14.9. The highest BCUT2D eigenvalue weighted by molar-refractivity contribution is 5.78. The molecule has 0 aromatic heterocycles. The van der Waals surface area contributed by atoms with Gasteiger partial charge in [-0.1, -0.05) is 67.4 Å². The lowest BCUT2D eigenvalue weighted by Crippen LogP contribution is -2.36. The van der Waals surface area contributed by atoms with E-state index < -0.39 is 0 Å². The predicted molar refractivity (Wildman–Crippen MR) is 103 cm³/mol. The van der Waals surface area contributed by atoms with E-state index in [4.69, 9.17) is 0 Å². The highest BCUT2D eigenvalue weighted by Gasteiger charge is 2.09. The third-order valence-electron chi connectivity index (χ3n) is 4.87. The lowest BCUT2D eigenvalue weighted by molar-refractivity contribution is -0.120. The van der Waals surface area contributed by atoms with E-state index in [-0.39, 0.29) is 5.91 Å². The summed E-state index contributed by atoms with van der Waals surface area (Å²) in [7, 11) is 0. The molecule has 1 amide bonds. The number of carbonyl (C=O) groups is 1. The molecule has 1 fully saturated rings. The standard InChI is InChI=1S/C22H28N2O/c25-22(23-14-17-24-15-6-1-2-7-16-24)18-19-10-12-21(13-11-19)20-8-4-3-5-9-20/h3-5,8-13H,1-2,6-7,14-18H2,(H,23,25). The lowest BCUT2D eigenvalue weighted by Gasteiger charge is -2.19. The Labute approximate surface area is 151 Å². The van der Waals surface area contributed by atoms with Crippen LogP contribution in [0.4, 0.5) is 0 Å². The summed E-state index contributed by atoms with van der Waals surface area (Å²) in [5.74, 6) is 0.113. The van der Waals surface area contributed by atoms with Crippen molar-refractivity contribution in [3.63, 3.8) is 0 Å². The normalized spacial score (nSPS) is 15.5. The molecular formula is C22H28N2O. The molecule has 0 radical (unpaired) electrons. The Morgan fingerprint density at radius 1 is 0.840 bits per heavy atom. The smallest absolute Gasteiger partial charge is 0.224 e. The number of rotatable bonds is 6. The van der Waals surface area contributed by atoms with Gasteiger partial charge in [0.2, 0.25) is 5.91 Å². The van der Waals surface area contributed by atoms with E-state index in [1.807, 2.05) is 18.2 Å². The second kappa shape index (κ2) is 9.38. The van der Waals surface area contributed by atoms with E-state index in [0.29, 0.717) is 6.42 Å². The second-order valence-electron chi connectivity index (χ2n) is 6.85. The van der Waals surface area contributed by atoms with Crippen LogP contribution in [0.25, 0.3) is 11.1 Å². The van der Waals surface area contributed by atoms with Gasteiger partial charge >= 0.3 is 0 Å². The van der Waals surface area contributed by atoms with Crippen LogP contribution in [0.5, 0.6) is 0 Å². The molecule has 1 heterocycles. The molecule has 0 spiro atoms. The van der Waals surface area contributed by atoms with Crippen LogP contribution in [0.3, 0.4) is 0 Å². The first-order valence-corrected chi connectivity index (χ1v) is 9.45. The van der Waals surface area contributed by atoms with Crippen LogP contribution < -0.4 is 5.32 Å². The van der Waals surface area contributed by atoms with Crippen LogP contribution >= 0.6 is 0 Å². The summed E-state index contributed by atoms with van der Waals surface area (Å²) in [6, 6.07) is 18.6. The van der Waals surface area contributed by atoms with Crippen molar-refractivity contribution in [2.75, 3.05) is 26.2 Å². The molecule has 0 saturated carbocycles. The Kier molecular flexibility index (Phi) is 6.63. The van der Waals surface area contributed by atoms with Gasteiger partial charge in [-0.05, 0) is 42.6 Å². The molecular weight excluding hydrogens is 308 g/mol. The minimum Gasteiger partial charge on any atom is -0.355 e. The van der Waals surface area contributed by atoms with E-state index in [1.54, 1.807) is 0 Å². The number of likely N-dealkylation sites (tertiary alicyclic amines) is 1. The topological polar surface area (TPSA) is 32.3 Å². The van der Waals surface area contributed by atoms with Gasteiger partial charge in [0.25, 0.3) is 0 Å². The minimum absolute atomic E-state index is 0.113. The third kappa shape index (κ3) is 5.71. The van der Waals surface area contributed by atoms with Gasteiger partial charge in [0.15, 0.2) is 0 Å². The summed E-state index contributed by atoms with van der Waals surface area (Å²) in [5, 5.41) is 3.06. The SMILES string of the molecule is O=C(Cc1ccc(-c2ccccc2)cc1)NCCN1CCCCCC1. The largest absolute Gasteiger partial charge is 0.355 e. The van der Waals surface area contributed by atoms with Gasteiger partial charge in [0, 0.05) is 13.1 Å². The summed E-state index contributed by atoms with van der Waals surface area (Å²) < 4.78 is 0. The van der Waals surface area contributed by atoms with Crippen molar-refractivity contribution >= 4 is 5.91 Å². The number of nitrogens with zero attached hydrogens (tertiary/aromatic N) is 1. The monoisotopic (exact) mass is 336 g/mol. The molecule has 1 aliphatic heterocycles. The number of carbonyl (C=O) groups excluding carboxylic acids is 1. The van der Waals surface area contributed by atoms with Gasteiger partial charge in [0.1, 0.15) is 0 Å². The highest BCUT2D eigenvalue weighted by Crippen LogP contribution is 2.19. The third-order valence-corrected chi connectivity index (χ3v) is 4.87. The van der Waals surface area contributed by atoms with Crippen molar-refractivity contribution in [3.8, 4) is 11.1 Å².